The molecule has 0 saturated carbocycles. The van der Waals surface area contributed by atoms with Gasteiger partial charge in [-0.25, -0.2) is 9.97 Å². The fraction of sp³-hybridized carbons (Fsp3) is 0.600. The monoisotopic (exact) mass is 291 g/mol. The van der Waals surface area contributed by atoms with Gasteiger partial charge in [0.2, 0.25) is 0 Å². The summed E-state index contributed by atoms with van der Waals surface area (Å²) >= 11 is 1.67. The standard InChI is InChI=1S/C15H21N3OS/c1-3-8-16-12-11-6-10-20-13(11)18-14(17-12)15(2)7-4-5-9-19-15/h6,10H,3-5,7-9H2,1-2H3,(H,16,17,18). The highest BCUT2D eigenvalue weighted by Crippen LogP contribution is 2.35. The van der Waals surface area contributed by atoms with Gasteiger partial charge in [0.25, 0.3) is 0 Å². The molecule has 0 aromatic carbocycles. The van der Waals surface area contributed by atoms with Gasteiger partial charge in [-0.3, -0.25) is 0 Å². The minimum atomic E-state index is -0.334. The van der Waals surface area contributed by atoms with Crippen LogP contribution in [0.5, 0.6) is 0 Å². The molecule has 1 aliphatic rings. The Balaban J connectivity index is 2.02. The highest BCUT2D eigenvalue weighted by molar-refractivity contribution is 7.16. The number of fused-ring (bicyclic) bond motifs is 1. The van der Waals surface area contributed by atoms with Crippen LogP contribution in [-0.4, -0.2) is 23.1 Å². The number of anilines is 1. The van der Waals surface area contributed by atoms with Crippen molar-refractivity contribution in [2.24, 2.45) is 0 Å². The third-order valence-electron chi connectivity index (χ3n) is 3.81. The van der Waals surface area contributed by atoms with Crippen molar-refractivity contribution in [1.82, 2.24) is 9.97 Å². The highest BCUT2D eigenvalue weighted by atomic mass is 32.1. The molecule has 0 bridgehead atoms. The minimum absolute atomic E-state index is 0.334. The molecule has 108 valence electrons. The van der Waals surface area contributed by atoms with Gasteiger partial charge in [-0.05, 0) is 44.1 Å². The molecule has 0 radical (unpaired) electrons. The predicted octanol–water partition coefficient (Wildman–Crippen LogP) is 3.93. The van der Waals surface area contributed by atoms with Crippen LogP contribution in [0, 0.1) is 0 Å². The molecule has 4 nitrogen and oxygen atoms in total. The average molecular weight is 291 g/mol. The number of rotatable bonds is 4. The molecule has 3 heterocycles. The normalized spacial score (nSPS) is 23.1. The summed E-state index contributed by atoms with van der Waals surface area (Å²) in [4.78, 5) is 10.6. The van der Waals surface area contributed by atoms with Crippen molar-refractivity contribution in [3.63, 3.8) is 0 Å². The predicted molar refractivity (Wildman–Crippen MR) is 83.4 cm³/mol. The Hall–Kier alpha value is -1.20. The van der Waals surface area contributed by atoms with E-state index in [1.165, 1.54) is 6.42 Å². The van der Waals surface area contributed by atoms with Gasteiger partial charge in [0.05, 0.1) is 5.39 Å². The molecule has 20 heavy (non-hydrogen) atoms. The molecular formula is C15H21N3OS. The molecule has 2 aromatic rings. The SMILES string of the molecule is CCCNc1nc(C2(C)CCCCO2)nc2sccc12. The minimum Gasteiger partial charge on any atom is -0.369 e. The Kier molecular flexibility index (Phi) is 3.89. The lowest BCUT2D eigenvalue weighted by Crippen LogP contribution is -2.32. The van der Waals surface area contributed by atoms with Crippen molar-refractivity contribution >= 4 is 27.4 Å². The van der Waals surface area contributed by atoms with E-state index in [4.69, 9.17) is 14.7 Å². The molecule has 2 aromatic heterocycles. The fourth-order valence-electron chi connectivity index (χ4n) is 2.58. The van der Waals surface area contributed by atoms with E-state index >= 15 is 0 Å². The van der Waals surface area contributed by atoms with Crippen LogP contribution in [-0.2, 0) is 10.3 Å². The van der Waals surface area contributed by atoms with E-state index in [1.54, 1.807) is 11.3 Å². The number of hydrogen-bond donors (Lipinski definition) is 1. The maximum atomic E-state index is 5.99. The van der Waals surface area contributed by atoms with Crippen LogP contribution in [0.25, 0.3) is 10.2 Å². The van der Waals surface area contributed by atoms with Crippen LogP contribution in [0.4, 0.5) is 5.82 Å². The van der Waals surface area contributed by atoms with Gasteiger partial charge in [-0.1, -0.05) is 6.92 Å². The largest absolute Gasteiger partial charge is 0.369 e. The zero-order valence-electron chi connectivity index (χ0n) is 12.1. The van der Waals surface area contributed by atoms with Crippen molar-refractivity contribution in [1.29, 1.82) is 0 Å². The molecule has 0 spiro atoms. The number of nitrogens with zero attached hydrogens (tertiary/aromatic N) is 2. The molecule has 0 aliphatic carbocycles. The van der Waals surface area contributed by atoms with Crippen LogP contribution < -0.4 is 5.32 Å². The van der Waals surface area contributed by atoms with E-state index in [-0.39, 0.29) is 5.60 Å². The summed E-state index contributed by atoms with van der Waals surface area (Å²) in [5, 5.41) is 6.61. The van der Waals surface area contributed by atoms with Crippen LogP contribution in [0.1, 0.15) is 45.4 Å². The van der Waals surface area contributed by atoms with E-state index in [0.29, 0.717) is 0 Å². The summed E-state index contributed by atoms with van der Waals surface area (Å²) in [5.74, 6) is 1.77. The summed E-state index contributed by atoms with van der Waals surface area (Å²) in [5.41, 5.74) is -0.334. The van der Waals surface area contributed by atoms with Crippen molar-refractivity contribution in [2.75, 3.05) is 18.5 Å². The van der Waals surface area contributed by atoms with E-state index in [0.717, 1.165) is 54.3 Å². The zero-order chi connectivity index (χ0) is 14.0. The summed E-state index contributed by atoms with van der Waals surface area (Å²) in [6, 6.07) is 2.09. The first-order valence-corrected chi connectivity index (χ1v) is 8.24. The van der Waals surface area contributed by atoms with Crippen LogP contribution in [0.3, 0.4) is 0 Å². The van der Waals surface area contributed by atoms with Gasteiger partial charge in [0, 0.05) is 13.2 Å². The Morgan fingerprint density at radius 1 is 1.40 bits per heavy atom. The second kappa shape index (κ2) is 5.66. The van der Waals surface area contributed by atoms with Gasteiger partial charge >= 0.3 is 0 Å². The molecule has 1 fully saturated rings. The van der Waals surface area contributed by atoms with Crippen molar-refractivity contribution in [3.05, 3.63) is 17.3 Å². The molecule has 1 aliphatic heterocycles. The lowest BCUT2D eigenvalue weighted by Gasteiger charge is -2.32. The lowest BCUT2D eigenvalue weighted by atomic mass is 9.95. The maximum absolute atomic E-state index is 5.99. The van der Waals surface area contributed by atoms with Crippen molar-refractivity contribution in [3.8, 4) is 0 Å². The number of ether oxygens (including phenoxy) is 1. The van der Waals surface area contributed by atoms with Gasteiger partial charge in [-0.2, -0.15) is 0 Å². The van der Waals surface area contributed by atoms with E-state index in [2.05, 4.69) is 30.6 Å². The highest BCUT2D eigenvalue weighted by Gasteiger charge is 2.33. The number of thiophene rings is 1. The average Bonchev–Trinajstić information content (AvgIpc) is 2.94. The topological polar surface area (TPSA) is 47.0 Å². The summed E-state index contributed by atoms with van der Waals surface area (Å²) in [6.45, 7) is 6.01. The molecule has 1 N–H and O–H groups in total. The molecule has 0 amide bonds. The third kappa shape index (κ3) is 2.52. The summed E-state index contributed by atoms with van der Waals surface area (Å²) in [6.07, 6.45) is 4.40. The second-order valence-corrected chi connectivity index (χ2v) is 6.39. The van der Waals surface area contributed by atoms with Gasteiger partial charge < -0.3 is 10.1 Å². The number of aromatic nitrogens is 2. The number of nitrogens with one attached hydrogen (secondary N) is 1. The molecule has 1 atom stereocenters. The number of hydrogen-bond acceptors (Lipinski definition) is 5. The quantitative estimate of drug-likeness (QED) is 0.927. The first-order chi connectivity index (χ1) is 9.73. The second-order valence-electron chi connectivity index (χ2n) is 5.50. The van der Waals surface area contributed by atoms with E-state index in [9.17, 15) is 0 Å². The molecule has 1 saturated heterocycles. The Morgan fingerprint density at radius 3 is 3.05 bits per heavy atom. The van der Waals surface area contributed by atoms with Gasteiger partial charge in [0.15, 0.2) is 5.82 Å². The van der Waals surface area contributed by atoms with E-state index < -0.39 is 0 Å². The van der Waals surface area contributed by atoms with Gasteiger partial charge in [-0.15, -0.1) is 11.3 Å². The first kappa shape index (κ1) is 13.8. The molecular weight excluding hydrogens is 270 g/mol. The Morgan fingerprint density at radius 2 is 2.30 bits per heavy atom. The molecule has 3 rings (SSSR count). The summed E-state index contributed by atoms with van der Waals surface area (Å²) < 4.78 is 5.99. The zero-order valence-corrected chi connectivity index (χ0v) is 12.9. The fourth-order valence-corrected chi connectivity index (χ4v) is 3.34. The van der Waals surface area contributed by atoms with Crippen LogP contribution in [0.15, 0.2) is 11.4 Å². The molecule has 1 unspecified atom stereocenters. The summed E-state index contributed by atoms with van der Waals surface area (Å²) in [7, 11) is 0. The van der Waals surface area contributed by atoms with Crippen molar-refractivity contribution in [2.45, 2.75) is 45.1 Å². The smallest absolute Gasteiger partial charge is 0.163 e. The Bertz CT molecular complexity index is 590. The Labute approximate surface area is 123 Å². The maximum Gasteiger partial charge on any atom is 0.163 e. The van der Waals surface area contributed by atoms with Crippen molar-refractivity contribution < 1.29 is 4.74 Å². The first-order valence-electron chi connectivity index (χ1n) is 7.36. The van der Waals surface area contributed by atoms with E-state index in [1.807, 2.05) is 0 Å². The van der Waals surface area contributed by atoms with Crippen LogP contribution >= 0.6 is 11.3 Å². The van der Waals surface area contributed by atoms with Crippen LogP contribution in [0.2, 0.25) is 0 Å². The lowest BCUT2D eigenvalue weighted by molar-refractivity contribution is -0.0757. The third-order valence-corrected chi connectivity index (χ3v) is 4.62. The van der Waals surface area contributed by atoms with Gasteiger partial charge in [0.1, 0.15) is 16.2 Å². The molecule has 5 heteroatoms.